The summed E-state index contributed by atoms with van der Waals surface area (Å²) < 4.78 is 18.9. The van der Waals surface area contributed by atoms with Crippen LogP contribution in [0.15, 0.2) is 48.1 Å². The third-order valence-electron chi connectivity index (χ3n) is 11.0. The van der Waals surface area contributed by atoms with Crippen LogP contribution in [0.2, 0.25) is 0 Å². The lowest BCUT2D eigenvalue weighted by atomic mass is 9.49. The Morgan fingerprint density at radius 3 is 2.60 bits per heavy atom. The summed E-state index contributed by atoms with van der Waals surface area (Å²) in [7, 11) is 3.14. The molecule has 2 N–H and O–H groups in total. The molecule has 3 saturated carbocycles. The maximum absolute atomic E-state index is 12.7. The molecule has 4 aliphatic carbocycles. The highest BCUT2D eigenvalue weighted by molar-refractivity contribution is 5.93. The van der Waals surface area contributed by atoms with E-state index in [1.807, 2.05) is 18.2 Å². The van der Waals surface area contributed by atoms with Crippen LogP contribution in [0.4, 0.5) is 0 Å². The number of amides is 1. The molecular formula is C33H46N2O5. The van der Waals surface area contributed by atoms with E-state index >= 15 is 0 Å². The van der Waals surface area contributed by atoms with E-state index in [1.165, 1.54) is 23.3 Å². The van der Waals surface area contributed by atoms with Crippen molar-refractivity contribution < 1.29 is 23.8 Å². The van der Waals surface area contributed by atoms with Crippen LogP contribution in [0, 0.1) is 17.3 Å². The van der Waals surface area contributed by atoms with Crippen molar-refractivity contribution in [2.45, 2.75) is 88.1 Å². The van der Waals surface area contributed by atoms with Crippen molar-refractivity contribution in [3.8, 4) is 0 Å². The summed E-state index contributed by atoms with van der Waals surface area (Å²) in [6.45, 7) is 8.41. The summed E-state index contributed by atoms with van der Waals surface area (Å²) >= 11 is 0. The van der Waals surface area contributed by atoms with Gasteiger partial charge in [-0.15, -0.1) is 6.58 Å². The molecule has 0 radical (unpaired) electrons. The predicted octanol–water partition coefficient (Wildman–Crippen LogP) is 5.52. The molecule has 1 amide bonds. The summed E-state index contributed by atoms with van der Waals surface area (Å²) in [5.74, 6) is 0.464. The lowest BCUT2D eigenvalue weighted by Crippen LogP contribution is -2.62. The molecule has 7 nitrogen and oxygen atoms in total. The van der Waals surface area contributed by atoms with Crippen molar-refractivity contribution in [2.75, 3.05) is 34.0 Å². The number of benzene rings is 1. The number of carbonyl (C=O) groups is 1. The Kier molecular flexibility index (Phi) is 7.49. The van der Waals surface area contributed by atoms with Gasteiger partial charge in [-0.25, -0.2) is 5.06 Å². The SMILES string of the molecule is C=CCCOC1CCC2C3(N)CCC4CC5(CCC4=C3C(c3ccc(C(=O)N(C)OC)cc3)CC12C)OCCO5. The van der Waals surface area contributed by atoms with Gasteiger partial charge in [0.2, 0.25) is 0 Å². The lowest BCUT2D eigenvalue weighted by molar-refractivity contribution is -0.181. The first-order chi connectivity index (χ1) is 19.2. The molecule has 1 aromatic carbocycles. The largest absolute Gasteiger partial charge is 0.377 e. The number of rotatable bonds is 7. The highest BCUT2D eigenvalue weighted by Crippen LogP contribution is 2.66. The summed E-state index contributed by atoms with van der Waals surface area (Å²) in [6, 6.07) is 8.15. The monoisotopic (exact) mass is 550 g/mol. The summed E-state index contributed by atoms with van der Waals surface area (Å²) in [5, 5.41) is 1.26. The van der Waals surface area contributed by atoms with Crippen molar-refractivity contribution >= 4 is 5.91 Å². The Hall–Kier alpha value is -2.03. The first-order valence-corrected chi connectivity index (χ1v) is 15.2. The van der Waals surface area contributed by atoms with Crippen LogP contribution in [0.1, 0.15) is 86.6 Å². The molecule has 0 bridgehead atoms. The molecule has 218 valence electrons. The van der Waals surface area contributed by atoms with E-state index in [0.29, 0.717) is 37.2 Å². The van der Waals surface area contributed by atoms with Gasteiger partial charge in [0.05, 0.1) is 33.0 Å². The average molecular weight is 551 g/mol. The van der Waals surface area contributed by atoms with Gasteiger partial charge in [-0.2, -0.15) is 0 Å². The molecule has 6 atom stereocenters. The van der Waals surface area contributed by atoms with Crippen LogP contribution < -0.4 is 5.73 Å². The van der Waals surface area contributed by atoms with Gasteiger partial charge in [0.15, 0.2) is 5.79 Å². The molecule has 0 aromatic heterocycles. The van der Waals surface area contributed by atoms with Gasteiger partial charge in [0, 0.05) is 36.9 Å². The van der Waals surface area contributed by atoms with Crippen LogP contribution in [-0.4, -0.2) is 62.4 Å². The maximum Gasteiger partial charge on any atom is 0.277 e. The Morgan fingerprint density at radius 2 is 1.90 bits per heavy atom. The second-order valence-corrected chi connectivity index (χ2v) is 13.0. The molecule has 1 saturated heterocycles. The molecule has 40 heavy (non-hydrogen) atoms. The molecule has 1 aromatic rings. The van der Waals surface area contributed by atoms with Crippen molar-refractivity contribution in [1.82, 2.24) is 5.06 Å². The average Bonchev–Trinajstić information content (AvgIpc) is 3.56. The standard InChI is InChI=1S/C33H46N2O5/c1-5-6-17-38-28-12-11-27-31(28,2)21-26(22-7-9-23(10-8-22)30(36)35(3)37-4)29-25-14-15-32(39-18-19-40-32)20-24(25)13-16-33(27,29)34/h5,7-10,24,26-28H,1,6,11-21,34H2,2-4H3. The minimum atomic E-state index is -0.408. The number of ether oxygens (including phenoxy) is 3. The lowest BCUT2D eigenvalue weighted by Gasteiger charge is -2.59. The predicted molar refractivity (Wildman–Crippen MR) is 153 cm³/mol. The Bertz CT molecular complexity index is 1160. The summed E-state index contributed by atoms with van der Waals surface area (Å²) in [4.78, 5) is 17.9. The van der Waals surface area contributed by atoms with Crippen molar-refractivity contribution in [3.05, 3.63) is 59.2 Å². The quantitative estimate of drug-likeness (QED) is 0.274. The van der Waals surface area contributed by atoms with E-state index in [2.05, 4.69) is 25.6 Å². The highest BCUT2D eigenvalue weighted by atomic mass is 16.7. The van der Waals surface area contributed by atoms with Crippen molar-refractivity contribution in [1.29, 1.82) is 0 Å². The highest BCUT2D eigenvalue weighted by Gasteiger charge is 2.63. The number of carbonyl (C=O) groups excluding carboxylic acids is 1. The van der Waals surface area contributed by atoms with E-state index in [1.54, 1.807) is 12.6 Å². The fourth-order valence-electron chi connectivity index (χ4n) is 9.11. The number of nitrogens with zero attached hydrogens (tertiary/aromatic N) is 1. The Balaban J connectivity index is 1.40. The van der Waals surface area contributed by atoms with Crippen LogP contribution in [0.25, 0.3) is 0 Å². The smallest absolute Gasteiger partial charge is 0.277 e. The van der Waals surface area contributed by atoms with Gasteiger partial charge in [-0.05, 0) is 85.5 Å². The molecule has 7 heteroatoms. The molecule has 6 unspecified atom stereocenters. The van der Waals surface area contributed by atoms with E-state index in [9.17, 15) is 4.79 Å². The van der Waals surface area contributed by atoms with Gasteiger partial charge < -0.3 is 19.9 Å². The zero-order valence-corrected chi connectivity index (χ0v) is 24.5. The van der Waals surface area contributed by atoms with Gasteiger partial charge in [-0.1, -0.05) is 30.7 Å². The third kappa shape index (κ3) is 4.49. The van der Waals surface area contributed by atoms with Crippen LogP contribution in [0.5, 0.6) is 0 Å². The topological polar surface area (TPSA) is 83.3 Å². The molecule has 6 rings (SSSR count). The number of hydroxylamine groups is 2. The first kappa shape index (κ1) is 28.1. The molecular weight excluding hydrogens is 504 g/mol. The van der Waals surface area contributed by atoms with Gasteiger partial charge in [0.25, 0.3) is 5.91 Å². The van der Waals surface area contributed by atoms with Crippen LogP contribution in [-0.2, 0) is 19.0 Å². The number of allylic oxidation sites excluding steroid dienone is 1. The summed E-state index contributed by atoms with van der Waals surface area (Å²) in [5.41, 5.74) is 12.2. The molecule has 1 heterocycles. The van der Waals surface area contributed by atoms with E-state index in [4.69, 9.17) is 24.8 Å². The maximum atomic E-state index is 12.7. The fourth-order valence-corrected chi connectivity index (χ4v) is 9.11. The second kappa shape index (κ2) is 10.7. The van der Waals surface area contributed by atoms with E-state index in [-0.39, 0.29) is 28.9 Å². The third-order valence-corrected chi connectivity index (χ3v) is 11.0. The van der Waals surface area contributed by atoms with E-state index in [0.717, 1.165) is 57.8 Å². The zero-order valence-electron chi connectivity index (χ0n) is 24.5. The minimum absolute atomic E-state index is 0.0180. The fraction of sp³-hybridized carbons (Fsp3) is 0.667. The zero-order chi connectivity index (χ0) is 28.1. The van der Waals surface area contributed by atoms with E-state index < -0.39 is 5.79 Å². The summed E-state index contributed by atoms with van der Waals surface area (Å²) in [6.07, 6.45) is 11.0. The molecule has 1 aliphatic heterocycles. The van der Waals surface area contributed by atoms with Crippen LogP contribution in [0.3, 0.4) is 0 Å². The Labute approximate surface area is 239 Å². The van der Waals surface area contributed by atoms with Crippen molar-refractivity contribution in [3.63, 3.8) is 0 Å². The minimum Gasteiger partial charge on any atom is -0.377 e. The first-order valence-electron chi connectivity index (χ1n) is 15.2. The van der Waals surface area contributed by atoms with Crippen LogP contribution >= 0.6 is 0 Å². The van der Waals surface area contributed by atoms with Gasteiger partial charge in [0.1, 0.15) is 0 Å². The molecule has 5 aliphatic rings. The van der Waals surface area contributed by atoms with Gasteiger partial charge in [-0.3, -0.25) is 9.63 Å². The number of hydrogen-bond acceptors (Lipinski definition) is 6. The second-order valence-electron chi connectivity index (χ2n) is 13.0. The Morgan fingerprint density at radius 1 is 1.15 bits per heavy atom. The van der Waals surface area contributed by atoms with Crippen molar-refractivity contribution in [2.24, 2.45) is 23.0 Å². The normalized spacial score (nSPS) is 36.2. The molecule has 1 spiro atoms. The number of nitrogens with two attached hydrogens (primary N) is 1. The molecule has 4 fully saturated rings. The number of hydrogen-bond donors (Lipinski definition) is 1. The number of fused-ring (bicyclic) bond motifs is 4. The van der Waals surface area contributed by atoms with Gasteiger partial charge >= 0.3 is 0 Å².